The van der Waals surface area contributed by atoms with E-state index in [0.717, 1.165) is 41.9 Å². The van der Waals surface area contributed by atoms with Gasteiger partial charge in [-0.3, -0.25) is 0 Å². The predicted octanol–water partition coefficient (Wildman–Crippen LogP) is 4.72. The van der Waals surface area contributed by atoms with Crippen molar-refractivity contribution in [3.05, 3.63) is 83.2 Å². The third-order valence-corrected chi connectivity index (χ3v) is 9.17. The molecule has 6 nitrogen and oxygen atoms in total. The van der Waals surface area contributed by atoms with Crippen molar-refractivity contribution in [2.75, 3.05) is 13.1 Å². The van der Waals surface area contributed by atoms with Gasteiger partial charge in [0, 0.05) is 6.54 Å². The van der Waals surface area contributed by atoms with E-state index >= 15 is 0 Å². The maximum absolute atomic E-state index is 13.4. The number of sulfonamides is 1. The summed E-state index contributed by atoms with van der Waals surface area (Å²) in [4.78, 5) is -0.0282. The molecule has 2 aromatic carbocycles. The summed E-state index contributed by atoms with van der Waals surface area (Å²) >= 11 is 0. The van der Waals surface area contributed by atoms with Crippen LogP contribution in [0.5, 0.6) is 0 Å². The predicted molar refractivity (Wildman–Crippen MR) is 127 cm³/mol. The molecule has 2 aliphatic carbocycles. The minimum Gasteiger partial charge on any atom is -0.233 e. The Morgan fingerprint density at radius 2 is 1.80 bits per heavy atom. The first kappa shape index (κ1) is 23.4. The molecular formula is C26H24F2N4O2S. The molecule has 1 saturated carbocycles. The van der Waals surface area contributed by atoms with Crippen molar-refractivity contribution in [2.24, 2.45) is 11.3 Å². The highest BCUT2D eigenvalue weighted by Gasteiger charge is 2.47. The molecule has 35 heavy (non-hydrogen) atoms. The number of benzene rings is 2. The Labute approximate surface area is 203 Å². The van der Waals surface area contributed by atoms with E-state index in [1.54, 1.807) is 16.8 Å². The molecule has 0 aliphatic heterocycles. The van der Waals surface area contributed by atoms with Crippen LogP contribution in [0.2, 0.25) is 0 Å². The summed E-state index contributed by atoms with van der Waals surface area (Å²) in [6.45, 7) is 2.06. The second-order valence-corrected chi connectivity index (χ2v) is 11.3. The standard InChI is InChI=1S/C26H24F2N4O2S/c1-26-15-18-16-30-32(23-8-4-21(27)5-9-23)25(18)14-19(26)2-3-20(26)17-31(13-12-29)35(33,34)24-10-6-22(28)7-11-24/h4-11,14,16,20H,2-3,13,15,17H2,1H3/t20-,26+/m1/s1. The van der Waals surface area contributed by atoms with Gasteiger partial charge in [-0.25, -0.2) is 21.9 Å². The van der Waals surface area contributed by atoms with Crippen molar-refractivity contribution in [3.63, 3.8) is 0 Å². The molecule has 180 valence electrons. The van der Waals surface area contributed by atoms with Gasteiger partial charge >= 0.3 is 0 Å². The lowest BCUT2D eigenvalue weighted by Crippen LogP contribution is -2.41. The number of aromatic nitrogens is 2. The summed E-state index contributed by atoms with van der Waals surface area (Å²) in [6.07, 6.45) is 6.23. The molecule has 0 radical (unpaired) electrons. The second kappa shape index (κ2) is 8.70. The van der Waals surface area contributed by atoms with Crippen LogP contribution in [-0.2, 0) is 16.4 Å². The number of hydrogen-bond donors (Lipinski definition) is 0. The van der Waals surface area contributed by atoms with Crippen molar-refractivity contribution in [2.45, 2.75) is 31.1 Å². The van der Waals surface area contributed by atoms with Crippen LogP contribution in [0.3, 0.4) is 0 Å². The van der Waals surface area contributed by atoms with Crippen molar-refractivity contribution < 1.29 is 17.2 Å². The summed E-state index contributed by atoms with van der Waals surface area (Å²) < 4.78 is 56.3. The Bertz CT molecular complexity index is 1440. The fourth-order valence-electron chi connectivity index (χ4n) is 5.34. The average Bonchev–Trinajstić information content (AvgIpc) is 3.37. The van der Waals surface area contributed by atoms with E-state index in [9.17, 15) is 22.5 Å². The third kappa shape index (κ3) is 4.07. The fraction of sp³-hybridized carbons (Fsp3) is 0.308. The number of hydrogen-bond acceptors (Lipinski definition) is 4. The summed E-state index contributed by atoms with van der Waals surface area (Å²) in [5, 5.41) is 13.9. The van der Waals surface area contributed by atoms with E-state index in [4.69, 9.17) is 0 Å². The lowest BCUT2D eigenvalue weighted by molar-refractivity contribution is 0.228. The van der Waals surface area contributed by atoms with Crippen molar-refractivity contribution in [1.29, 1.82) is 5.26 Å². The monoisotopic (exact) mass is 494 g/mol. The second-order valence-electron chi connectivity index (χ2n) is 9.35. The molecule has 0 N–H and O–H groups in total. The Kier molecular flexibility index (Phi) is 5.82. The average molecular weight is 495 g/mol. The quantitative estimate of drug-likeness (QED) is 0.465. The van der Waals surface area contributed by atoms with Crippen LogP contribution >= 0.6 is 0 Å². The molecule has 5 rings (SSSR count). The molecule has 1 heterocycles. The first-order chi connectivity index (χ1) is 16.7. The van der Waals surface area contributed by atoms with E-state index in [0.29, 0.717) is 6.42 Å². The number of nitriles is 1. The number of halogens is 2. The van der Waals surface area contributed by atoms with E-state index in [1.807, 2.05) is 12.3 Å². The topological polar surface area (TPSA) is 79.0 Å². The minimum atomic E-state index is -3.95. The van der Waals surface area contributed by atoms with Crippen LogP contribution < -0.4 is 0 Å². The van der Waals surface area contributed by atoms with Crippen LogP contribution in [0.4, 0.5) is 8.78 Å². The highest BCUT2D eigenvalue weighted by Crippen LogP contribution is 2.53. The third-order valence-electron chi connectivity index (χ3n) is 7.35. The van der Waals surface area contributed by atoms with Crippen LogP contribution in [-0.4, -0.2) is 35.6 Å². The van der Waals surface area contributed by atoms with Crippen LogP contribution in [0.15, 0.2) is 65.2 Å². The first-order valence-electron chi connectivity index (χ1n) is 11.4. The molecular weight excluding hydrogens is 470 g/mol. The summed E-state index contributed by atoms with van der Waals surface area (Å²) in [7, 11) is -3.95. The zero-order chi connectivity index (χ0) is 24.8. The van der Waals surface area contributed by atoms with Crippen LogP contribution in [0.25, 0.3) is 11.8 Å². The summed E-state index contributed by atoms with van der Waals surface area (Å²) in [5.41, 5.74) is 3.71. The normalized spacial score (nSPS) is 21.3. The molecule has 1 fully saturated rings. The summed E-state index contributed by atoms with van der Waals surface area (Å²) in [6, 6.07) is 12.8. The van der Waals surface area contributed by atoms with E-state index in [2.05, 4.69) is 18.1 Å². The van der Waals surface area contributed by atoms with Gasteiger partial charge in [0.2, 0.25) is 10.0 Å². The lowest BCUT2D eigenvalue weighted by Gasteiger charge is -2.37. The Hall–Kier alpha value is -3.35. The smallest absolute Gasteiger partial charge is 0.233 e. The number of nitrogens with zero attached hydrogens (tertiary/aromatic N) is 4. The van der Waals surface area contributed by atoms with Gasteiger partial charge in [0.1, 0.15) is 18.2 Å². The van der Waals surface area contributed by atoms with Crippen molar-refractivity contribution in [1.82, 2.24) is 14.1 Å². The highest BCUT2D eigenvalue weighted by atomic mass is 32.2. The molecule has 9 heteroatoms. The van der Waals surface area contributed by atoms with Gasteiger partial charge in [-0.15, -0.1) is 0 Å². The molecule has 2 atom stereocenters. The number of fused-ring (bicyclic) bond motifs is 2. The van der Waals surface area contributed by atoms with Crippen LogP contribution in [0.1, 0.15) is 31.0 Å². The molecule has 0 saturated heterocycles. The van der Waals surface area contributed by atoms with E-state index in [-0.39, 0.29) is 35.1 Å². The molecule has 0 bridgehead atoms. The van der Waals surface area contributed by atoms with Gasteiger partial charge in [0.05, 0.1) is 28.5 Å². The van der Waals surface area contributed by atoms with Gasteiger partial charge < -0.3 is 0 Å². The van der Waals surface area contributed by atoms with Gasteiger partial charge in [0.25, 0.3) is 0 Å². The number of allylic oxidation sites excluding steroid dienone is 1. The molecule has 1 aromatic heterocycles. The lowest BCUT2D eigenvalue weighted by atomic mass is 9.70. The van der Waals surface area contributed by atoms with Gasteiger partial charge in [0.15, 0.2) is 0 Å². The number of rotatable bonds is 6. The van der Waals surface area contributed by atoms with E-state index in [1.165, 1.54) is 34.1 Å². The van der Waals surface area contributed by atoms with Gasteiger partial charge in [-0.05, 0) is 90.8 Å². The molecule has 0 unspecified atom stereocenters. The zero-order valence-corrected chi connectivity index (χ0v) is 20.0. The molecule has 0 spiro atoms. The Morgan fingerprint density at radius 1 is 1.14 bits per heavy atom. The van der Waals surface area contributed by atoms with Crippen molar-refractivity contribution >= 4 is 16.1 Å². The maximum atomic E-state index is 13.4. The summed E-state index contributed by atoms with van der Waals surface area (Å²) in [5.74, 6) is -0.829. The Balaban J connectivity index is 1.43. The van der Waals surface area contributed by atoms with Gasteiger partial charge in [-0.1, -0.05) is 12.5 Å². The van der Waals surface area contributed by atoms with Crippen molar-refractivity contribution in [3.8, 4) is 11.8 Å². The molecule has 3 aromatic rings. The van der Waals surface area contributed by atoms with Gasteiger partial charge in [-0.2, -0.15) is 14.7 Å². The molecule has 2 aliphatic rings. The minimum absolute atomic E-state index is 0.000329. The SMILES string of the molecule is C[C@]12Cc3cnn(-c4ccc(F)cc4)c3C=C1CC[C@@H]2CN(CC#N)S(=O)(=O)c1ccc(F)cc1. The van der Waals surface area contributed by atoms with E-state index < -0.39 is 15.8 Å². The van der Waals surface area contributed by atoms with Crippen LogP contribution in [0, 0.1) is 34.3 Å². The molecule has 0 amide bonds. The fourth-order valence-corrected chi connectivity index (χ4v) is 6.72. The highest BCUT2D eigenvalue weighted by molar-refractivity contribution is 7.89. The Morgan fingerprint density at radius 3 is 2.46 bits per heavy atom. The first-order valence-corrected chi connectivity index (χ1v) is 12.8. The largest absolute Gasteiger partial charge is 0.244 e. The maximum Gasteiger partial charge on any atom is 0.244 e. The zero-order valence-electron chi connectivity index (χ0n) is 19.2.